The lowest BCUT2D eigenvalue weighted by molar-refractivity contribution is 0.102. The van der Waals surface area contributed by atoms with Crippen LogP contribution in [0.2, 0.25) is 5.02 Å². The van der Waals surface area contributed by atoms with Gasteiger partial charge in [-0.15, -0.1) is 0 Å². The predicted molar refractivity (Wildman–Crippen MR) is 89.5 cm³/mol. The fraction of sp³-hybridized carbons (Fsp3) is 0.235. The fourth-order valence-corrected chi connectivity index (χ4v) is 2.40. The minimum absolute atomic E-state index is 0.171. The molecule has 2 rings (SSSR count). The van der Waals surface area contributed by atoms with Crippen molar-refractivity contribution in [3.63, 3.8) is 0 Å². The molecule has 0 aliphatic carbocycles. The molecule has 3 nitrogen and oxygen atoms in total. The zero-order chi connectivity index (χ0) is 15.4. The molecule has 0 fully saturated rings. The maximum absolute atomic E-state index is 12.5. The van der Waals surface area contributed by atoms with Crippen molar-refractivity contribution in [3.05, 3.63) is 58.6 Å². The highest BCUT2D eigenvalue weighted by Crippen LogP contribution is 2.26. The number of carbonyl (C=O) groups excluding carboxylic acids is 1. The summed E-state index contributed by atoms with van der Waals surface area (Å²) in [5.74, 6) is 0.166. The summed E-state index contributed by atoms with van der Waals surface area (Å²) in [6, 6.07) is 13.1. The summed E-state index contributed by atoms with van der Waals surface area (Å²) in [6.07, 6.45) is 0. The van der Waals surface area contributed by atoms with Gasteiger partial charge in [-0.05, 0) is 35.7 Å². The third-order valence-electron chi connectivity index (χ3n) is 3.33. The lowest BCUT2D eigenvalue weighted by atomic mass is 10.0. The predicted octanol–water partition coefficient (Wildman–Crippen LogP) is 4.76. The van der Waals surface area contributed by atoms with Crippen LogP contribution < -0.4 is 10.6 Å². The second-order valence-electron chi connectivity index (χ2n) is 5.14. The van der Waals surface area contributed by atoms with E-state index in [4.69, 9.17) is 11.6 Å². The first-order chi connectivity index (χ1) is 10.0. The first kappa shape index (κ1) is 15.4. The summed E-state index contributed by atoms with van der Waals surface area (Å²) in [4.78, 5) is 12.5. The SMILES string of the molecule is CNc1ccc(Cl)cc1C(=O)Nc1ccccc1C(C)C. The Kier molecular flexibility index (Phi) is 4.86. The van der Waals surface area contributed by atoms with E-state index in [1.165, 1.54) is 0 Å². The molecule has 21 heavy (non-hydrogen) atoms. The Bertz CT molecular complexity index is 653. The number of rotatable bonds is 4. The quantitative estimate of drug-likeness (QED) is 0.855. The average Bonchev–Trinajstić information content (AvgIpc) is 2.47. The van der Waals surface area contributed by atoms with E-state index in [1.54, 1.807) is 25.2 Å². The van der Waals surface area contributed by atoms with Gasteiger partial charge in [0.05, 0.1) is 5.56 Å². The number of hydrogen-bond donors (Lipinski definition) is 2. The maximum atomic E-state index is 12.5. The van der Waals surface area contributed by atoms with Crippen LogP contribution in [0.15, 0.2) is 42.5 Å². The van der Waals surface area contributed by atoms with E-state index < -0.39 is 0 Å². The Morgan fingerprint density at radius 1 is 1.10 bits per heavy atom. The van der Waals surface area contributed by atoms with Crippen molar-refractivity contribution in [2.45, 2.75) is 19.8 Å². The Morgan fingerprint density at radius 3 is 2.48 bits per heavy atom. The maximum Gasteiger partial charge on any atom is 0.257 e. The van der Waals surface area contributed by atoms with Gasteiger partial charge in [0.25, 0.3) is 5.91 Å². The molecule has 2 aromatic rings. The van der Waals surface area contributed by atoms with E-state index in [0.29, 0.717) is 16.5 Å². The van der Waals surface area contributed by atoms with Crippen molar-refractivity contribution in [1.82, 2.24) is 0 Å². The number of nitrogens with one attached hydrogen (secondary N) is 2. The van der Waals surface area contributed by atoms with E-state index in [0.717, 1.165) is 16.9 Å². The molecule has 2 aromatic carbocycles. The van der Waals surface area contributed by atoms with Gasteiger partial charge in [-0.25, -0.2) is 0 Å². The lowest BCUT2D eigenvalue weighted by Crippen LogP contribution is -2.15. The summed E-state index contributed by atoms with van der Waals surface area (Å²) < 4.78 is 0. The van der Waals surface area contributed by atoms with Crippen molar-refractivity contribution in [2.75, 3.05) is 17.7 Å². The van der Waals surface area contributed by atoms with Crippen LogP contribution in [0.4, 0.5) is 11.4 Å². The van der Waals surface area contributed by atoms with Crippen LogP contribution in [0.5, 0.6) is 0 Å². The van der Waals surface area contributed by atoms with Crippen LogP contribution >= 0.6 is 11.6 Å². The first-order valence-corrected chi connectivity index (χ1v) is 7.28. The molecule has 0 bridgehead atoms. The summed E-state index contributed by atoms with van der Waals surface area (Å²) in [5.41, 5.74) is 3.22. The summed E-state index contributed by atoms with van der Waals surface area (Å²) in [5, 5.41) is 6.52. The monoisotopic (exact) mass is 302 g/mol. The third-order valence-corrected chi connectivity index (χ3v) is 3.56. The Hall–Kier alpha value is -2.00. The first-order valence-electron chi connectivity index (χ1n) is 6.90. The standard InChI is InChI=1S/C17H19ClN2O/c1-11(2)13-6-4-5-7-16(13)20-17(21)14-10-12(18)8-9-15(14)19-3/h4-11,19H,1-3H3,(H,20,21). The van der Waals surface area contributed by atoms with E-state index in [1.807, 2.05) is 24.3 Å². The van der Waals surface area contributed by atoms with Crippen molar-refractivity contribution in [2.24, 2.45) is 0 Å². The van der Waals surface area contributed by atoms with E-state index in [9.17, 15) is 4.79 Å². The van der Waals surface area contributed by atoms with E-state index >= 15 is 0 Å². The van der Waals surface area contributed by atoms with Gasteiger partial charge in [-0.2, -0.15) is 0 Å². The Morgan fingerprint density at radius 2 is 1.81 bits per heavy atom. The van der Waals surface area contributed by atoms with Crippen LogP contribution in [0, 0.1) is 0 Å². The third kappa shape index (κ3) is 3.56. The Labute approximate surface area is 130 Å². The molecule has 0 unspecified atom stereocenters. The minimum Gasteiger partial charge on any atom is -0.387 e. The molecule has 0 atom stereocenters. The smallest absolute Gasteiger partial charge is 0.257 e. The van der Waals surface area contributed by atoms with Crippen LogP contribution in [0.3, 0.4) is 0 Å². The van der Waals surface area contributed by atoms with Crippen molar-refractivity contribution in [1.29, 1.82) is 0 Å². The molecular weight excluding hydrogens is 284 g/mol. The molecule has 0 heterocycles. The highest BCUT2D eigenvalue weighted by Gasteiger charge is 2.14. The van der Waals surface area contributed by atoms with Crippen LogP contribution in [-0.4, -0.2) is 13.0 Å². The molecule has 0 aromatic heterocycles. The van der Waals surface area contributed by atoms with Crippen LogP contribution in [0.25, 0.3) is 0 Å². The molecule has 0 aliphatic heterocycles. The second-order valence-corrected chi connectivity index (χ2v) is 5.57. The highest BCUT2D eigenvalue weighted by atomic mass is 35.5. The Balaban J connectivity index is 2.33. The summed E-state index contributed by atoms with van der Waals surface area (Å²) >= 11 is 5.99. The molecule has 0 radical (unpaired) electrons. The number of amides is 1. The normalized spacial score (nSPS) is 10.5. The topological polar surface area (TPSA) is 41.1 Å². The molecule has 0 spiro atoms. The lowest BCUT2D eigenvalue weighted by Gasteiger charge is -2.15. The van der Waals surface area contributed by atoms with Crippen molar-refractivity contribution in [3.8, 4) is 0 Å². The van der Waals surface area contributed by atoms with Gasteiger partial charge in [0.2, 0.25) is 0 Å². The number of para-hydroxylation sites is 1. The second kappa shape index (κ2) is 6.64. The van der Waals surface area contributed by atoms with Gasteiger partial charge in [-0.3, -0.25) is 4.79 Å². The molecule has 4 heteroatoms. The number of carbonyl (C=O) groups is 1. The molecule has 0 aliphatic rings. The van der Waals surface area contributed by atoms with Gasteiger partial charge in [-0.1, -0.05) is 43.6 Å². The number of hydrogen-bond acceptors (Lipinski definition) is 2. The van der Waals surface area contributed by atoms with Crippen molar-refractivity contribution >= 4 is 28.9 Å². The molecular formula is C17H19ClN2O. The molecule has 2 N–H and O–H groups in total. The zero-order valence-electron chi connectivity index (χ0n) is 12.4. The van der Waals surface area contributed by atoms with Gasteiger partial charge >= 0.3 is 0 Å². The molecule has 0 saturated carbocycles. The van der Waals surface area contributed by atoms with Gasteiger partial charge in [0, 0.05) is 23.4 Å². The average molecular weight is 303 g/mol. The number of anilines is 2. The molecule has 1 amide bonds. The van der Waals surface area contributed by atoms with E-state index in [2.05, 4.69) is 24.5 Å². The molecule has 110 valence electrons. The molecule has 0 saturated heterocycles. The number of halogens is 1. The van der Waals surface area contributed by atoms with Gasteiger partial charge in [0.15, 0.2) is 0 Å². The van der Waals surface area contributed by atoms with Gasteiger partial charge in [0.1, 0.15) is 0 Å². The summed E-state index contributed by atoms with van der Waals surface area (Å²) in [7, 11) is 1.78. The number of benzene rings is 2. The highest BCUT2D eigenvalue weighted by molar-refractivity contribution is 6.31. The zero-order valence-corrected chi connectivity index (χ0v) is 13.2. The largest absolute Gasteiger partial charge is 0.387 e. The van der Waals surface area contributed by atoms with Crippen LogP contribution in [-0.2, 0) is 0 Å². The summed E-state index contributed by atoms with van der Waals surface area (Å²) in [6.45, 7) is 4.20. The van der Waals surface area contributed by atoms with E-state index in [-0.39, 0.29) is 5.91 Å². The minimum atomic E-state index is -0.171. The van der Waals surface area contributed by atoms with Crippen LogP contribution in [0.1, 0.15) is 35.7 Å². The fourth-order valence-electron chi connectivity index (χ4n) is 2.23. The van der Waals surface area contributed by atoms with Crippen molar-refractivity contribution < 1.29 is 4.79 Å². The van der Waals surface area contributed by atoms with Gasteiger partial charge < -0.3 is 10.6 Å².